The largest absolute Gasteiger partial charge is 0.369 e. The number of ether oxygens (including phenoxy) is 1. The molecule has 1 aromatic carbocycles. The standard InChI is InChI=1S/C42H48F6N12O5/c1-54(31-12-14-57(22-42(31,47)48)27-4-3-5-28-35(27)55(2)41(64)60(28)29-10-11-33(61)52-40(29)63)19-23-6-8-24(9-7-23)59-20-26(34(53-59)37(45)46)50-39(62)25-18-49-58-15-13-32(51-38(25)58)56-16-17-65-30(21-56)36(43)44/h3-5,13,15,18,20,23-24,29-31,36-37H,6-12,14,16-17,19,21-22H2,1-2H3,(H,50,62)(H,52,61,63)/t23?,24?,29?,30-,31?/m1/s1. The Morgan fingerprint density at radius 3 is 2.54 bits per heavy atom. The van der Waals surface area contributed by atoms with Crippen LogP contribution in [0, 0.1) is 5.92 Å². The number of rotatable bonds is 11. The number of imidazole rings is 1. The van der Waals surface area contributed by atoms with E-state index in [9.17, 15) is 36.7 Å². The molecule has 9 rings (SSSR count). The highest BCUT2D eigenvalue weighted by atomic mass is 19.3. The average Bonchev–Trinajstić information content (AvgIpc) is 3.97. The van der Waals surface area contributed by atoms with E-state index < -0.39 is 72.6 Å². The van der Waals surface area contributed by atoms with Gasteiger partial charge in [-0.3, -0.25) is 38.4 Å². The highest BCUT2D eigenvalue weighted by Gasteiger charge is 2.47. The summed E-state index contributed by atoms with van der Waals surface area (Å²) in [5.74, 6) is -4.52. The molecule has 4 aromatic heterocycles. The SMILES string of the molecule is CN(CC1CCC(n2cc(NC(=O)c3cnn4ccc(N5CCO[C@@H](C(F)F)C5)nc34)c(C(F)F)n2)CC1)C1CCN(c2cccc3c2n(C)c(=O)n3C2CCC(=O)NC2=O)CC1(F)F. The van der Waals surface area contributed by atoms with Crippen LogP contribution in [0.5, 0.6) is 0 Å². The van der Waals surface area contributed by atoms with Crippen molar-refractivity contribution in [3.05, 3.63) is 64.6 Å². The van der Waals surface area contributed by atoms with E-state index in [1.807, 2.05) is 0 Å². The van der Waals surface area contributed by atoms with Gasteiger partial charge >= 0.3 is 5.69 Å². The van der Waals surface area contributed by atoms with Gasteiger partial charge in [0.05, 0.1) is 60.4 Å². The number of carbonyl (C=O) groups is 3. The van der Waals surface area contributed by atoms with Crippen LogP contribution in [-0.4, -0.2) is 127 Å². The number of nitrogens with one attached hydrogen (secondary N) is 2. The second kappa shape index (κ2) is 17.4. The lowest BCUT2D eigenvalue weighted by Crippen LogP contribution is -2.58. The van der Waals surface area contributed by atoms with Crippen LogP contribution in [0.2, 0.25) is 0 Å². The minimum atomic E-state index is -3.14. The number of carbonyl (C=O) groups excluding carboxylic acids is 3. The molecule has 3 atom stereocenters. The third kappa shape index (κ3) is 8.43. The molecule has 0 bridgehead atoms. The zero-order valence-corrected chi connectivity index (χ0v) is 35.6. The monoisotopic (exact) mass is 914 g/mol. The zero-order chi connectivity index (χ0) is 45.9. The number of fused-ring (bicyclic) bond motifs is 2. The lowest BCUT2D eigenvalue weighted by molar-refractivity contribution is -0.135. The third-order valence-electron chi connectivity index (χ3n) is 13.3. The molecule has 5 aromatic rings. The van der Waals surface area contributed by atoms with E-state index in [1.54, 1.807) is 46.0 Å². The summed E-state index contributed by atoms with van der Waals surface area (Å²) < 4.78 is 98.3. The number of imide groups is 1. The van der Waals surface area contributed by atoms with Gasteiger partial charge in [0.2, 0.25) is 11.8 Å². The number of aryl methyl sites for hydroxylation is 1. The molecule has 0 spiro atoms. The highest BCUT2D eigenvalue weighted by Crippen LogP contribution is 2.39. The van der Waals surface area contributed by atoms with Crippen molar-refractivity contribution in [1.29, 1.82) is 0 Å². The molecule has 3 saturated heterocycles. The van der Waals surface area contributed by atoms with Crippen LogP contribution in [0.15, 0.2) is 47.7 Å². The van der Waals surface area contributed by atoms with Gasteiger partial charge < -0.3 is 19.9 Å². The summed E-state index contributed by atoms with van der Waals surface area (Å²) in [7, 11) is 3.22. The predicted octanol–water partition coefficient (Wildman–Crippen LogP) is 4.79. The first-order valence-electron chi connectivity index (χ1n) is 21.6. The minimum Gasteiger partial charge on any atom is -0.369 e. The molecular weight excluding hydrogens is 867 g/mol. The van der Waals surface area contributed by atoms with Gasteiger partial charge in [-0.1, -0.05) is 6.07 Å². The third-order valence-corrected chi connectivity index (χ3v) is 13.3. The van der Waals surface area contributed by atoms with E-state index in [0.29, 0.717) is 61.3 Å². The first kappa shape index (κ1) is 44.2. The lowest BCUT2D eigenvalue weighted by atomic mass is 9.85. The van der Waals surface area contributed by atoms with Gasteiger partial charge in [-0.25, -0.2) is 40.6 Å². The van der Waals surface area contributed by atoms with E-state index in [-0.39, 0.29) is 67.8 Å². The van der Waals surface area contributed by atoms with Crippen LogP contribution in [0.4, 0.5) is 43.5 Å². The second-order valence-electron chi connectivity index (χ2n) is 17.4. The topological polar surface area (TPSA) is 169 Å². The quantitative estimate of drug-likeness (QED) is 0.138. The van der Waals surface area contributed by atoms with Gasteiger partial charge in [0, 0.05) is 45.5 Å². The number of para-hydroxylation sites is 1. The number of hydrogen-bond acceptors (Lipinski definition) is 11. The molecular formula is C42H48F6N12O5. The van der Waals surface area contributed by atoms with Gasteiger partial charge in [-0.05, 0) is 69.7 Å². The van der Waals surface area contributed by atoms with E-state index >= 15 is 8.78 Å². The molecule has 4 aliphatic rings. The number of amides is 3. The fraction of sp³-hybridized carbons (Fsp3) is 0.548. The number of piperidine rings is 2. The van der Waals surface area contributed by atoms with Crippen molar-refractivity contribution >= 4 is 51.6 Å². The molecule has 23 heteroatoms. The van der Waals surface area contributed by atoms with Crippen molar-refractivity contribution < 1.29 is 45.5 Å². The Labute approximate surface area is 367 Å². The Morgan fingerprint density at radius 1 is 1.03 bits per heavy atom. The molecule has 1 saturated carbocycles. The van der Waals surface area contributed by atoms with Crippen molar-refractivity contribution in [1.82, 2.24) is 43.7 Å². The molecule has 3 amide bonds. The Morgan fingerprint density at radius 2 is 1.82 bits per heavy atom. The Balaban J connectivity index is 0.824. The van der Waals surface area contributed by atoms with Crippen molar-refractivity contribution in [3.63, 3.8) is 0 Å². The number of nitrogens with zero attached hydrogens (tertiary/aromatic N) is 10. The predicted molar refractivity (Wildman–Crippen MR) is 224 cm³/mol. The number of anilines is 3. The van der Waals surface area contributed by atoms with E-state index in [1.165, 1.54) is 44.0 Å². The molecule has 7 heterocycles. The van der Waals surface area contributed by atoms with Gasteiger partial charge in [-0.2, -0.15) is 10.2 Å². The number of aromatic nitrogens is 7. The summed E-state index contributed by atoms with van der Waals surface area (Å²) in [6, 6.07) is 4.35. The lowest BCUT2D eigenvalue weighted by Gasteiger charge is -2.44. The molecule has 1 aliphatic carbocycles. The summed E-state index contributed by atoms with van der Waals surface area (Å²) in [6.07, 6.45) is -0.172. The molecule has 348 valence electrons. The summed E-state index contributed by atoms with van der Waals surface area (Å²) in [4.78, 5) is 60.9. The van der Waals surface area contributed by atoms with E-state index in [2.05, 4.69) is 25.8 Å². The second-order valence-corrected chi connectivity index (χ2v) is 17.4. The molecule has 2 N–H and O–H groups in total. The van der Waals surface area contributed by atoms with Crippen LogP contribution in [0.25, 0.3) is 16.7 Å². The van der Waals surface area contributed by atoms with Crippen LogP contribution in [0.1, 0.15) is 79.5 Å². The number of alkyl halides is 6. The molecule has 17 nitrogen and oxygen atoms in total. The molecule has 65 heavy (non-hydrogen) atoms. The smallest absolute Gasteiger partial charge is 0.329 e. The van der Waals surface area contributed by atoms with Crippen molar-refractivity contribution in [2.75, 3.05) is 61.5 Å². The minimum absolute atomic E-state index is 0.0228. The van der Waals surface area contributed by atoms with E-state index in [4.69, 9.17) is 4.74 Å². The van der Waals surface area contributed by atoms with Crippen molar-refractivity contribution in [2.45, 2.75) is 87.9 Å². The van der Waals surface area contributed by atoms with Gasteiger partial charge in [0.1, 0.15) is 23.5 Å². The summed E-state index contributed by atoms with van der Waals surface area (Å²) in [6.45, 7) is 0.330. The number of halogens is 6. The van der Waals surface area contributed by atoms with Crippen LogP contribution in [-0.2, 0) is 21.4 Å². The fourth-order valence-corrected chi connectivity index (χ4v) is 9.98. The van der Waals surface area contributed by atoms with Gasteiger partial charge in [0.25, 0.3) is 24.7 Å². The number of hydrogen-bond donors (Lipinski definition) is 2. The number of benzene rings is 1. The van der Waals surface area contributed by atoms with Crippen LogP contribution < -0.4 is 26.1 Å². The van der Waals surface area contributed by atoms with Gasteiger partial charge in [-0.15, -0.1) is 0 Å². The fourth-order valence-electron chi connectivity index (χ4n) is 9.98. The van der Waals surface area contributed by atoms with Crippen LogP contribution in [0.3, 0.4) is 0 Å². The normalized spacial score (nSPS) is 24.2. The van der Waals surface area contributed by atoms with Crippen molar-refractivity contribution in [3.8, 4) is 0 Å². The maximum absolute atomic E-state index is 16.2. The molecule has 4 fully saturated rings. The summed E-state index contributed by atoms with van der Waals surface area (Å²) in [5, 5.41) is 13.1. The molecule has 0 radical (unpaired) electrons. The van der Waals surface area contributed by atoms with E-state index in [0.717, 1.165) is 0 Å². The Kier molecular flexibility index (Phi) is 11.9. The maximum Gasteiger partial charge on any atom is 0.329 e. The zero-order valence-electron chi connectivity index (χ0n) is 35.6. The summed E-state index contributed by atoms with van der Waals surface area (Å²) in [5.41, 5.74) is 0.0788. The van der Waals surface area contributed by atoms with Gasteiger partial charge in [0.15, 0.2) is 11.3 Å². The molecule has 2 unspecified atom stereocenters. The highest BCUT2D eigenvalue weighted by molar-refractivity contribution is 6.08. The van der Waals surface area contributed by atoms with Crippen LogP contribution >= 0.6 is 0 Å². The van der Waals surface area contributed by atoms with Crippen molar-refractivity contribution in [2.24, 2.45) is 13.0 Å². The number of morpholine rings is 1. The first-order chi connectivity index (χ1) is 31.1. The Hall–Kier alpha value is -5.97. The Bertz CT molecular complexity index is 2670. The first-order valence-corrected chi connectivity index (χ1v) is 21.6. The average molecular weight is 915 g/mol. The maximum atomic E-state index is 16.2. The molecule has 3 aliphatic heterocycles. The summed E-state index contributed by atoms with van der Waals surface area (Å²) >= 11 is 0.